The maximum atomic E-state index is 9.51. The van der Waals surface area contributed by atoms with Crippen LogP contribution in [0.15, 0.2) is 52.8 Å². The molecule has 2 N–H and O–H groups in total. The summed E-state index contributed by atoms with van der Waals surface area (Å²) >= 11 is 7.79. The van der Waals surface area contributed by atoms with E-state index in [1.54, 1.807) is 12.5 Å². The van der Waals surface area contributed by atoms with Crippen molar-refractivity contribution in [3.63, 3.8) is 0 Å². The Hall–Kier alpha value is -3.35. The van der Waals surface area contributed by atoms with Crippen LogP contribution in [0.2, 0.25) is 5.02 Å². The molecule has 1 aliphatic heterocycles. The number of hydrogen-bond acceptors (Lipinski definition) is 8. The topological polar surface area (TPSA) is 109 Å². The first-order valence-corrected chi connectivity index (χ1v) is 12.4. The Bertz CT molecular complexity index is 1440. The van der Waals surface area contributed by atoms with Crippen LogP contribution in [0, 0.1) is 17.2 Å². The first kappa shape index (κ1) is 21.2. The van der Waals surface area contributed by atoms with Crippen LogP contribution in [0.5, 0.6) is 0 Å². The van der Waals surface area contributed by atoms with E-state index in [1.165, 1.54) is 22.9 Å². The Morgan fingerprint density at radius 3 is 2.91 bits per heavy atom. The van der Waals surface area contributed by atoms with Gasteiger partial charge in [-0.25, -0.2) is 14.4 Å². The van der Waals surface area contributed by atoms with E-state index in [-0.39, 0.29) is 0 Å². The first-order chi connectivity index (χ1) is 16.6. The molecule has 8 nitrogen and oxygen atoms in total. The van der Waals surface area contributed by atoms with Crippen molar-refractivity contribution in [2.24, 2.45) is 5.92 Å². The van der Waals surface area contributed by atoms with Gasteiger partial charge in [0.25, 0.3) is 0 Å². The highest BCUT2D eigenvalue weighted by molar-refractivity contribution is 7.99. The third-order valence-corrected chi connectivity index (χ3v) is 8.49. The van der Waals surface area contributed by atoms with E-state index in [2.05, 4.69) is 32.2 Å². The number of nitrogen functional groups attached to an aromatic ring is 1. The summed E-state index contributed by atoms with van der Waals surface area (Å²) in [4.78, 5) is 12.8. The van der Waals surface area contributed by atoms with E-state index in [0.717, 1.165) is 59.3 Å². The SMILES string of the molecule is N#Cc1cccc2c1CC1CCN(c3ncc(Sc4ccnc(N)c4Cl)c4nncn34)CCC21. The maximum Gasteiger partial charge on any atom is 0.212 e. The monoisotopic (exact) mass is 488 g/mol. The van der Waals surface area contributed by atoms with Gasteiger partial charge in [0.05, 0.1) is 21.6 Å². The van der Waals surface area contributed by atoms with Crippen molar-refractivity contribution < 1.29 is 0 Å². The summed E-state index contributed by atoms with van der Waals surface area (Å²) in [5.41, 5.74) is 10.0. The molecule has 0 radical (unpaired) electrons. The van der Waals surface area contributed by atoms with Crippen LogP contribution in [0.1, 0.15) is 35.4 Å². The van der Waals surface area contributed by atoms with Gasteiger partial charge in [0, 0.05) is 30.4 Å². The summed E-state index contributed by atoms with van der Waals surface area (Å²) in [6, 6.07) is 10.4. The summed E-state index contributed by atoms with van der Waals surface area (Å²) in [6.45, 7) is 1.79. The third kappa shape index (κ3) is 3.45. The fourth-order valence-corrected chi connectivity index (χ4v) is 6.42. The number of halogens is 1. The first-order valence-electron chi connectivity index (χ1n) is 11.2. The maximum absolute atomic E-state index is 9.51. The lowest BCUT2D eigenvalue weighted by Gasteiger charge is -2.23. The Kier molecular flexibility index (Phi) is 5.27. The highest BCUT2D eigenvalue weighted by Crippen LogP contribution is 2.45. The van der Waals surface area contributed by atoms with E-state index >= 15 is 0 Å². The van der Waals surface area contributed by atoms with Gasteiger partial charge in [-0.1, -0.05) is 35.5 Å². The van der Waals surface area contributed by atoms with Crippen molar-refractivity contribution >= 4 is 40.8 Å². The molecule has 34 heavy (non-hydrogen) atoms. The van der Waals surface area contributed by atoms with Gasteiger partial charge in [-0.05, 0) is 54.4 Å². The molecule has 170 valence electrons. The largest absolute Gasteiger partial charge is 0.382 e. The van der Waals surface area contributed by atoms with Crippen LogP contribution < -0.4 is 10.6 Å². The van der Waals surface area contributed by atoms with Gasteiger partial charge in [0.1, 0.15) is 12.1 Å². The van der Waals surface area contributed by atoms with Crippen molar-refractivity contribution in [1.29, 1.82) is 5.26 Å². The van der Waals surface area contributed by atoms with Crippen molar-refractivity contribution in [1.82, 2.24) is 24.6 Å². The minimum Gasteiger partial charge on any atom is -0.382 e. The molecule has 2 atom stereocenters. The van der Waals surface area contributed by atoms with Crippen molar-refractivity contribution in [3.8, 4) is 6.07 Å². The number of pyridine rings is 1. The van der Waals surface area contributed by atoms with Crippen molar-refractivity contribution in [2.75, 3.05) is 23.7 Å². The minimum atomic E-state index is 0.298. The van der Waals surface area contributed by atoms with Gasteiger partial charge in [-0.15, -0.1) is 10.2 Å². The molecule has 1 fully saturated rings. The van der Waals surface area contributed by atoms with Gasteiger partial charge >= 0.3 is 0 Å². The fraction of sp³-hybridized carbons (Fsp3) is 0.292. The zero-order valence-corrected chi connectivity index (χ0v) is 19.8. The number of nitriles is 1. The Labute approximate surface area is 205 Å². The van der Waals surface area contributed by atoms with Crippen LogP contribution in [0.25, 0.3) is 5.65 Å². The molecule has 0 spiro atoms. The van der Waals surface area contributed by atoms with Gasteiger partial charge in [0.15, 0.2) is 5.65 Å². The number of anilines is 2. The molecule has 6 rings (SSSR count). The molecule has 4 heterocycles. The Balaban J connectivity index is 1.28. The number of hydrogen-bond donors (Lipinski definition) is 1. The molecule has 3 aromatic heterocycles. The predicted octanol–water partition coefficient (Wildman–Crippen LogP) is 4.33. The summed E-state index contributed by atoms with van der Waals surface area (Å²) in [6.07, 6.45) is 8.25. The fourth-order valence-electron chi connectivity index (χ4n) is 5.30. The van der Waals surface area contributed by atoms with E-state index in [0.29, 0.717) is 22.7 Å². The standard InChI is InChI=1S/C24H21ClN8S/c25-21-19(4-7-28-22(21)27)34-20-12-29-24(33-13-30-31-23(20)33)32-8-5-14-10-18-15(11-26)2-1-3-17(18)16(14)6-9-32/h1-4,7,12-14,16H,5-6,8-10H2,(H2,27,28). The molecule has 2 unspecified atom stereocenters. The third-order valence-electron chi connectivity index (χ3n) is 6.91. The lowest BCUT2D eigenvalue weighted by molar-refractivity contribution is 0.444. The summed E-state index contributed by atoms with van der Waals surface area (Å²) in [5.74, 6) is 2.18. The highest BCUT2D eigenvalue weighted by Gasteiger charge is 2.36. The van der Waals surface area contributed by atoms with Crippen molar-refractivity contribution in [3.05, 3.63) is 64.7 Å². The second-order valence-corrected chi connectivity index (χ2v) is 10.1. The molecule has 10 heteroatoms. The van der Waals surface area contributed by atoms with Crippen molar-refractivity contribution in [2.45, 2.75) is 35.0 Å². The van der Waals surface area contributed by atoms with Gasteiger partial charge in [-0.3, -0.25) is 0 Å². The molecular formula is C24H21ClN8S. The second kappa shape index (κ2) is 8.46. The van der Waals surface area contributed by atoms with Gasteiger partial charge < -0.3 is 10.6 Å². The Morgan fingerprint density at radius 1 is 1.15 bits per heavy atom. The molecular weight excluding hydrogens is 468 g/mol. The lowest BCUT2D eigenvalue weighted by Crippen LogP contribution is -2.27. The van der Waals surface area contributed by atoms with Gasteiger partial charge in [0.2, 0.25) is 5.95 Å². The number of rotatable bonds is 3. The van der Waals surface area contributed by atoms with E-state index in [1.807, 2.05) is 28.8 Å². The summed E-state index contributed by atoms with van der Waals surface area (Å²) in [5, 5.41) is 18.4. The number of benzene rings is 1. The molecule has 0 bridgehead atoms. The average molecular weight is 489 g/mol. The molecule has 4 aromatic rings. The highest BCUT2D eigenvalue weighted by atomic mass is 35.5. The second-order valence-electron chi connectivity index (χ2n) is 8.68. The number of nitrogens with two attached hydrogens (primary N) is 1. The normalized spacial score (nSPS) is 19.5. The summed E-state index contributed by atoms with van der Waals surface area (Å²) < 4.78 is 1.95. The van der Waals surface area contributed by atoms with Crippen LogP contribution in [0.3, 0.4) is 0 Å². The molecule has 1 saturated heterocycles. The number of nitrogens with zero attached hydrogens (tertiary/aromatic N) is 7. The minimum absolute atomic E-state index is 0.298. The quantitative estimate of drug-likeness (QED) is 0.453. The van der Waals surface area contributed by atoms with Crippen LogP contribution in [0.4, 0.5) is 11.8 Å². The van der Waals surface area contributed by atoms with Crippen LogP contribution >= 0.6 is 23.4 Å². The number of fused-ring (bicyclic) bond motifs is 4. The van der Waals surface area contributed by atoms with Crippen LogP contribution in [-0.2, 0) is 6.42 Å². The predicted molar refractivity (Wildman–Crippen MR) is 131 cm³/mol. The van der Waals surface area contributed by atoms with Gasteiger partial charge in [-0.2, -0.15) is 5.26 Å². The smallest absolute Gasteiger partial charge is 0.212 e. The molecule has 2 aliphatic rings. The molecule has 1 aliphatic carbocycles. The zero-order chi connectivity index (χ0) is 23.2. The number of aromatic nitrogens is 5. The average Bonchev–Trinajstić information content (AvgIpc) is 3.42. The van der Waals surface area contributed by atoms with Crippen LogP contribution in [-0.4, -0.2) is 37.7 Å². The zero-order valence-electron chi connectivity index (χ0n) is 18.2. The van der Waals surface area contributed by atoms with E-state index in [4.69, 9.17) is 22.3 Å². The van der Waals surface area contributed by atoms with E-state index < -0.39 is 0 Å². The molecule has 1 aromatic carbocycles. The molecule has 0 amide bonds. The van der Waals surface area contributed by atoms with E-state index in [9.17, 15) is 5.26 Å². The Morgan fingerprint density at radius 2 is 2.03 bits per heavy atom. The summed E-state index contributed by atoms with van der Waals surface area (Å²) in [7, 11) is 0. The molecule has 0 saturated carbocycles. The lowest BCUT2D eigenvalue weighted by atomic mass is 9.88.